The molecule has 0 spiro atoms. The second-order valence-electron chi connectivity index (χ2n) is 5.71. The van der Waals surface area contributed by atoms with E-state index in [1.54, 1.807) is 12.4 Å². The van der Waals surface area contributed by atoms with Crippen molar-refractivity contribution in [3.8, 4) is 0 Å². The van der Waals surface area contributed by atoms with Crippen molar-refractivity contribution < 1.29 is 9.90 Å². The van der Waals surface area contributed by atoms with E-state index < -0.39 is 0 Å². The molecule has 0 aliphatic heterocycles. The molecule has 2 heterocycles. The Morgan fingerprint density at radius 1 is 1.52 bits per heavy atom. The highest BCUT2D eigenvalue weighted by Crippen LogP contribution is 2.29. The van der Waals surface area contributed by atoms with Crippen molar-refractivity contribution in [3.63, 3.8) is 0 Å². The summed E-state index contributed by atoms with van der Waals surface area (Å²) in [5.74, 6) is 0.567. The maximum atomic E-state index is 12.2. The lowest BCUT2D eigenvalue weighted by molar-refractivity contribution is 0.246. The Kier molecular flexibility index (Phi) is 4.57. The van der Waals surface area contributed by atoms with Gasteiger partial charge in [0.1, 0.15) is 5.82 Å². The zero-order valence-electron chi connectivity index (χ0n) is 13.1. The molecule has 2 aromatic rings. The molecule has 122 valence electrons. The fraction of sp³-hybridized carbons (Fsp3) is 0.438. The van der Waals surface area contributed by atoms with Crippen molar-refractivity contribution in [2.75, 3.05) is 11.9 Å². The Morgan fingerprint density at radius 2 is 2.39 bits per heavy atom. The van der Waals surface area contributed by atoms with Crippen molar-refractivity contribution in [2.45, 2.75) is 38.8 Å². The maximum absolute atomic E-state index is 12.2. The predicted octanol–water partition coefficient (Wildman–Crippen LogP) is 1.78. The number of fused-ring (bicyclic) bond motifs is 1. The van der Waals surface area contributed by atoms with Crippen LogP contribution < -0.4 is 10.6 Å². The SMILES string of the molecule is Cc1cccnc1NC(=O)NC1CCCc2c1cnn2CCO. The molecule has 1 aliphatic carbocycles. The van der Waals surface area contributed by atoms with Crippen molar-refractivity contribution >= 4 is 11.8 Å². The van der Waals surface area contributed by atoms with Crippen LogP contribution in [0, 0.1) is 6.92 Å². The summed E-state index contributed by atoms with van der Waals surface area (Å²) in [6, 6.07) is 3.41. The molecule has 3 rings (SSSR count). The van der Waals surface area contributed by atoms with Gasteiger partial charge in [-0.2, -0.15) is 5.10 Å². The number of aryl methyl sites for hydroxylation is 1. The average molecular weight is 315 g/mol. The van der Waals surface area contributed by atoms with E-state index in [0.717, 1.165) is 36.1 Å². The van der Waals surface area contributed by atoms with Gasteiger partial charge in [-0.05, 0) is 37.8 Å². The number of hydrogen-bond acceptors (Lipinski definition) is 4. The third kappa shape index (κ3) is 3.34. The summed E-state index contributed by atoms with van der Waals surface area (Å²) in [4.78, 5) is 16.4. The third-order valence-electron chi connectivity index (χ3n) is 4.12. The number of aromatic nitrogens is 3. The van der Waals surface area contributed by atoms with Gasteiger partial charge in [0, 0.05) is 17.5 Å². The van der Waals surface area contributed by atoms with Gasteiger partial charge in [0.05, 0.1) is 25.4 Å². The standard InChI is InChI=1S/C16H21N5O2/c1-11-4-3-7-17-15(11)20-16(23)19-13-5-2-6-14-12(13)10-18-21(14)8-9-22/h3-4,7,10,13,22H,2,5-6,8-9H2,1H3,(H2,17,19,20,23). The van der Waals surface area contributed by atoms with Crippen LogP contribution in [0.5, 0.6) is 0 Å². The molecule has 0 fully saturated rings. The summed E-state index contributed by atoms with van der Waals surface area (Å²) < 4.78 is 1.82. The number of urea groups is 1. The van der Waals surface area contributed by atoms with Crippen LogP contribution in [0.3, 0.4) is 0 Å². The number of anilines is 1. The molecule has 23 heavy (non-hydrogen) atoms. The van der Waals surface area contributed by atoms with E-state index in [1.165, 1.54) is 0 Å². The van der Waals surface area contributed by atoms with Crippen molar-refractivity contribution in [3.05, 3.63) is 41.3 Å². The maximum Gasteiger partial charge on any atom is 0.320 e. The van der Waals surface area contributed by atoms with Gasteiger partial charge in [-0.1, -0.05) is 6.07 Å². The zero-order chi connectivity index (χ0) is 16.2. The molecule has 0 bridgehead atoms. The average Bonchev–Trinajstić information content (AvgIpc) is 2.94. The highest BCUT2D eigenvalue weighted by molar-refractivity contribution is 5.89. The van der Waals surface area contributed by atoms with Gasteiger partial charge in [0.25, 0.3) is 0 Å². The van der Waals surface area contributed by atoms with E-state index in [2.05, 4.69) is 20.7 Å². The first kappa shape index (κ1) is 15.5. The molecule has 0 aromatic carbocycles. The summed E-state index contributed by atoms with van der Waals surface area (Å²) in [5.41, 5.74) is 3.06. The lowest BCUT2D eigenvalue weighted by Crippen LogP contribution is -2.34. The molecule has 1 unspecified atom stereocenters. The van der Waals surface area contributed by atoms with E-state index in [9.17, 15) is 4.79 Å². The molecular weight excluding hydrogens is 294 g/mol. The van der Waals surface area contributed by atoms with Gasteiger partial charge in [-0.3, -0.25) is 10.00 Å². The minimum Gasteiger partial charge on any atom is -0.394 e. The zero-order valence-corrected chi connectivity index (χ0v) is 13.1. The van der Waals surface area contributed by atoms with Crippen molar-refractivity contribution in [1.82, 2.24) is 20.1 Å². The van der Waals surface area contributed by atoms with E-state index in [1.807, 2.05) is 23.7 Å². The van der Waals surface area contributed by atoms with Crippen molar-refractivity contribution in [1.29, 1.82) is 0 Å². The minimum absolute atomic E-state index is 0.0600. The number of nitrogens with one attached hydrogen (secondary N) is 2. The molecule has 3 N–H and O–H groups in total. The number of aliphatic hydroxyl groups excluding tert-OH is 1. The molecule has 1 aliphatic rings. The minimum atomic E-state index is -0.264. The summed E-state index contributed by atoms with van der Waals surface area (Å²) in [6.07, 6.45) is 6.24. The Bertz CT molecular complexity index is 698. The second-order valence-corrected chi connectivity index (χ2v) is 5.71. The highest BCUT2D eigenvalue weighted by atomic mass is 16.3. The topological polar surface area (TPSA) is 92.1 Å². The second kappa shape index (κ2) is 6.78. The number of amides is 2. The van der Waals surface area contributed by atoms with E-state index in [0.29, 0.717) is 12.4 Å². The fourth-order valence-corrected chi connectivity index (χ4v) is 2.97. The van der Waals surface area contributed by atoms with Crippen LogP contribution in [-0.2, 0) is 13.0 Å². The van der Waals surface area contributed by atoms with Crippen molar-refractivity contribution in [2.24, 2.45) is 0 Å². The fourth-order valence-electron chi connectivity index (χ4n) is 2.97. The first-order chi connectivity index (χ1) is 11.2. The van der Waals surface area contributed by atoms with Crippen LogP contribution >= 0.6 is 0 Å². The van der Waals surface area contributed by atoms with Crippen LogP contribution in [-0.4, -0.2) is 32.5 Å². The van der Waals surface area contributed by atoms with Crippen LogP contribution in [0.4, 0.5) is 10.6 Å². The van der Waals surface area contributed by atoms with Crippen LogP contribution in [0.15, 0.2) is 24.5 Å². The normalized spacial score (nSPS) is 16.7. The van der Waals surface area contributed by atoms with E-state index in [4.69, 9.17) is 5.11 Å². The van der Waals surface area contributed by atoms with Crippen LogP contribution in [0.25, 0.3) is 0 Å². The number of pyridine rings is 1. The largest absolute Gasteiger partial charge is 0.394 e. The predicted molar refractivity (Wildman–Crippen MR) is 86.1 cm³/mol. The van der Waals surface area contributed by atoms with Gasteiger partial charge < -0.3 is 10.4 Å². The number of aliphatic hydroxyl groups is 1. The Balaban J connectivity index is 1.70. The molecule has 0 radical (unpaired) electrons. The molecule has 7 nitrogen and oxygen atoms in total. The number of carbonyl (C=O) groups is 1. The first-order valence-corrected chi connectivity index (χ1v) is 7.83. The molecular formula is C16H21N5O2. The summed E-state index contributed by atoms with van der Waals surface area (Å²) >= 11 is 0. The number of hydrogen-bond donors (Lipinski definition) is 3. The smallest absolute Gasteiger partial charge is 0.320 e. The van der Waals surface area contributed by atoms with E-state index in [-0.39, 0.29) is 18.7 Å². The Morgan fingerprint density at radius 3 is 3.17 bits per heavy atom. The summed E-state index contributed by atoms with van der Waals surface area (Å²) in [5, 5.41) is 19.2. The van der Waals surface area contributed by atoms with Crippen LogP contribution in [0.2, 0.25) is 0 Å². The summed E-state index contributed by atoms with van der Waals surface area (Å²) in [6.45, 7) is 2.45. The van der Waals surface area contributed by atoms with Gasteiger partial charge >= 0.3 is 6.03 Å². The van der Waals surface area contributed by atoms with Gasteiger partial charge in [-0.15, -0.1) is 0 Å². The molecule has 0 saturated carbocycles. The lowest BCUT2D eigenvalue weighted by atomic mass is 9.93. The quantitative estimate of drug-likeness (QED) is 0.802. The third-order valence-corrected chi connectivity index (χ3v) is 4.12. The van der Waals surface area contributed by atoms with E-state index >= 15 is 0 Å². The number of rotatable bonds is 4. The molecule has 2 aromatic heterocycles. The van der Waals surface area contributed by atoms with Crippen LogP contribution in [0.1, 0.15) is 35.7 Å². The number of nitrogens with zero attached hydrogens (tertiary/aromatic N) is 3. The monoisotopic (exact) mass is 315 g/mol. The molecule has 7 heteroatoms. The van der Waals surface area contributed by atoms with Gasteiger partial charge in [0.2, 0.25) is 0 Å². The first-order valence-electron chi connectivity index (χ1n) is 7.83. The Labute approximate surface area is 134 Å². The van der Waals surface area contributed by atoms with Gasteiger partial charge in [0.15, 0.2) is 0 Å². The molecule has 0 saturated heterocycles. The lowest BCUT2D eigenvalue weighted by Gasteiger charge is -2.24. The van der Waals surface area contributed by atoms with Gasteiger partial charge in [-0.25, -0.2) is 9.78 Å². The Hall–Kier alpha value is -2.41. The molecule has 2 amide bonds. The number of carbonyl (C=O) groups excluding carboxylic acids is 1. The highest BCUT2D eigenvalue weighted by Gasteiger charge is 2.25. The summed E-state index contributed by atoms with van der Waals surface area (Å²) in [7, 11) is 0. The molecule has 1 atom stereocenters.